The molecule has 14 heavy (non-hydrogen) atoms. The van der Waals surface area contributed by atoms with Gasteiger partial charge in [-0.15, -0.1) is 10.1 Å². The smallest absolute Gasteiger partial charge is 0.294 e. The van der Waals surface area contributed by atoms with Crippen LogP contribution in [0.1, 0.15) is 33.6 Å². The lowest BCUT2D eigenvalue weighted by Crippen LogP contribution is -2.22. The minimum Gasteiger partial charge on any atom is -0.379 e. The molecule has 1 atom stereocenters. The van der Waals surface area contributed by atoms with E-state index in [1.165, 1.54) is 0 Å². The standard InChI is InChI=1S/C9H19NO4/c1-4-9(14-10(11)12)7-13-6-5-8(2)3/h8-9H,4-7H2,1-3H3. The Bertz CT molecular complexity index is 161. The topological polar surface area (TPSA) is 61.6 Å². The largest absolute Gasteiger partial charge is 0.379 e. The third kappa shape index (κ3) is 7.79. The summed E-state index contributed by atoms with van der Waals surface area (Å²) < 4.78 is 5.27. The van der Waals surface area contributed by atoms with Gasteiger partial charge in [-0.25, -0.2) is 0 Å². The molecule has 5 nitrogen and oxygen atoms in total. The zero-order valence-electron chi connectivity index (χ0n) is 9.06. The van der Waals surface area contributed by atoms with E-state index in [0.717, 1.165) is 6.42 Å². The monoisotopic (exact) mass is 205 g/mol. The molecule has 5 heteroatoms. The highest BCUT2D eigenvalue weighted by Crippen LogP contribution is 2.02. The van der Waals surface area contributed by atoms with Gasteiger partial charge in [0.1, 0.15) is 6.10 Å². The molecule has 84 valence electrons. The molecule has 0 aliphatic carbocycles. The Morgan fingerprint density at radius 2 is 2.07 bits per heavy atom. The van der Waals surface area contributed by atoms with Gasteiger partial charge in [0.15, 0.2) is 0 Å². The number of nitrogens with zero attached hydrogens (tertiary/aromatic N) is 1. The van der Waals surface area contributed by atoms with Gasteiger partial charge < -0.3 is 9.57 Å². The van der Waals surface area contributed by atoms with E-state index in [9.17, 15) is 10.1 Å². The van der Waals surface area contributed by atoms with Crippen LogP contribution in [-0.2, 0) is 9.57 Å². The summed E-state index contributed by atoms with van der Waals surface area (Å²) in [6.45, 7) is 6.97. The molecule has 0 rings (SSSR count). The Labute approximate surface area is 84.5 Å². The third-order valence-corrected chi connectivity index (χ3v) is 1.83. The second-order valence-corrected chi connectivity index (χ2v) is 3.62. The fourth-order valence-corrected chi connectivity index (χ4v) is 0.878. The first-order valence-corrected chi connectivity index (χ1v) is 4.95. The lowest BCUT2D eigenvalue weighted by Gasteiger charge is -2.13. The SMILES string of the molecule is CCC(COCCC(C)C)O[N+](=O)[O-]. The summed E-state index contributed by atoms with van der Waals surface area (Å²) in [5.74, 6) is 0.589. The lowest BCUT2D eigenvalue weighted by atomic mass is 10.1. The van der Waals surface area contributed by atoms with Crippen LogP contribution in [0.5, 0.6) is 0 Å². The molecule has 0 saturated carbocycles. The van der Waals surface area contributed by atoms with Crippen molar-refractivity contribution in [3.05, 3.63) is 10.1 Å². The van der Waals surface area contributed by atoms with Gasteiger partial charge in [0, 0.05) is 6.61 Å². The highest BCUT2D eigenvalue weighted by atomic mass is 17.0. The van der Waals surface area contributed by atoms with E-state index in [1.54, 1.807) is 0 Å². The van der Waals surface area contributed by atoms with Gasteiger partial charge in [-0.05, 0) is 18.8 Å². The maximum atomic E-state index is 10.0. The molecule has 0 aliphatic rings. The van der Waals surface area contributed by atoms with Crippen LogP contribution in [0.25, 0.3) is 0 Å². The van der Waals surface area contributed by atoms with Gasteiger partial charge in [0.2, 0.25) is 0 Å². The molecule has 0 fully saturated rings. The second-order valence-electron chi connectivity index (χ2n) is 3.62. The van der Waals surface area contributed by atoms with Gasteiger partial charge in [-0.3, -0.25) is 0 Å². The van der Waals surface area contributed by atoms with E-state index < -0.39 is 11.2 Å². The molecule has 0 amide bonds. The summed E-state index contributed by atoms with van der Waals surface area (Å²) in [6.07, 6.45) is 1.12. The van der Waals surface area contributed by atoms with Gasteiger partial charge >= 0.3 is 0 Å². The van der Waals surface area contributed by atoms with Crippen LogP contribution in [-0.4, -0.2) is 24.4 Å². The molecule has 0 aromatic rings. The zero-order valence-corrected chi connectivity index (χ0v) is 9.06. The first kappa shape index (κ1) is 13.2. The third-order valence-electron chi connectivity index (χ3n) is 1.83. The minimum absolute atomic E-state index is 0.296. The molecule has 0 heterocycles. The first-order valence-electron chi connectivity index (χ1n) is 4.95. The molecule has 1 unspecified atom stereocenters. The maximum Gasteiger partial charge on any atom is 0.294 e. The minimum atomic E-state index is -0.764. The summed E-state index contributed by atoms with van der Waals surface area (Å²) >= 11 is 0. The van der Waals surface area contributed by atoms with Crippen molar-refractivity contribution < 1.29 is 14.7 Å². The van der Waals surface area contributed by atoms with Crippen molar-refractivity contribution in [2.45, 2.75) is 39.7 Å². The summed E-state index contributed by atoms with van der Waals surface area (Å²) in [6, 6.07) is 0. The Kier molecular flexibility index (Phi) is 7.10. The van der Waals surface area contributed by atoms with Crippen molar-refractivity contribution in [1.82, 2.24) is 0 Å². The predicted octanol–water partition coefficient (Wildman–Crippen LogP) is 2.04. The predicted molar refractivity (Wildman–Crippen MR) is 52.4 cm³/mol. The maximum absolute atomic E-state index is 10.0. The molecule has 0 bridgehead atoms. The molecular weight excluding hydrogens is 186 g/mol. The average Bonchev–Trinajstić information content (AvgIpc) is 2.09. The number of hydrogen-bond acceptors (Lipinski definition) is 4. The van der Waals surface area contributed by atoms with E-state index in [0.29, 0.717) is 25.6 Å². The molecule has 0 radical (unpaired) electrons. The number of ether oxygens (including phenoxy) is 1. The van der Waals surface area contributed by atoms with Crippen LogP contribution in [0, 0.1) is 16.0 Å². The molecule has 0 saturated heterocycles. The van der Waals surface area contributed by atoms with Crippen molar-refractivity contribution in [3.8, 4) is 0 Å². The summed E-state index contributed by atoms with van der Waals surface area (Å²) in [5.41, 5.74) is 0. The van der Waals surface area contributed by atoms with Crippen molar-refractivity contribution in [2.24, 2.45) is 5.92 Å². The van der Waals surface area contributed by atoms with Crippen molar-refractivity contribution in [3.63, 3.8) is 0 Å². The Balaban J connectivity index is 3.47. The molecular formula is C9H19NO4. The van der Waals surface area contributed by atoms with E-state index in [1.807, 2.05) is 6.92 Å². The first-order chi connectivity index (χ1) is 6.56. The summed E-state index contributed by atoms with van der Waals surface area (Å²) in [5, 5.41) is 9.27. The summed E-state index contributed by atoms with van der Waals surface area (Å²) in [7, 11) is 0. The second kappa shape index (κ2) is 7.55. The Morgan fingerprint density at radius 3 is 2.50 bits per heavy atom. The van der Waals surface area contributed by atoms with Gasteiger partial charge in [0.25, 0.3) is 5.09 Å². The molecule has 0 N–H and O–H groups in total. The highest BCUT2D eigenvalue weighted by molar-refractivity contribution is 4.51. The van der Waals surface area contributed by atoms with Gasteiger partial charge in [-0.1, -0.05) is 20.8 Å². The normalized spacial score (nSPS) is 12.9. The van der Waals surface area contributed by atoms with Gasteiger partial charge in [0.05, 0.1) is 6.61 Å². The zero-order chi connectivity index (χ0) is 11.0. The van der Waals surface area contributed by atoms with Crippen LogP contribution < -0.4 is 0 Å². The van der Waals surface area contributed by atoms with E-state index in [2.05, 4.69) is 18.7 Å². The van der Waals surface area contributed by atoms with Crippen molar-refractivity contribution in [2.75, 3.05) is 13.2 Å². The summed E-state index contributed by atoms with van der Waals surface area (Å²) in [4.78, 5) is 14.4. The van der Waals surface area contributed by atoms with Crippen molar-refractivity contribution in [1.29, 1.82) is 0 Å². The fourth-order valence-electron chi connectivity index (χ4n) is 0.878. The van der Waals surface area contributed by atoms with Gasteiger partial charge in [-0.2, -0.15) is 0 Å². The lowest BCUT2D eigenvalue weighted by molar-refractivity contribution is -0.769. The van der Waals surface area contributed by atoms with E-state index >= 15 is 0 Å². The fraction of sp³-hybridized carbons (Fsp3) is 1.00. The van der Waals surface area contributed by atoms with Crippen LogP contribution in [0.3, 0.4) is 0 Å². The van der Waals surface area contributed by atoms with Crippen LogP contribution in [0.2, 0.25) is 0 Å². The molecule has 0 aromatic heterocycles. The molecule has 0 aromatic carbocycles. The van der Waals surface area contributed by atoms with Crippen LogP contribution in [0.4, 0.5) is 0 Å². The van der Waals surface area contributed by atoms with Crippen LogP contribution in [0.15, 0.2) is 0 Å². The number of rotatable bonds is 8. The molecule has 0 spiro atoms. The van der Waals surface area contributed by atoms with Crippen molar-refractivity contribution >= 4 is 0 Å². The average molecular weight is 205 g/mol. The Morgan fingerprint density at radius 1 is 1.43 bits per heavy atom. The number of hydrogen-bond donors (Lipinski definition) is 0. The van der Waals surface area contributed by atoms with E-state index in [-0.39, 0.29) is 0 Å². The van der Waals surface area contributed by atoms with E-state index in [4.69, 9.17) is 4.74 Å². The Hall–Kier alpha value is -0.840. The van der Waals surface area contributed by atoms with Crippen LogP contribution >= 0.6 is 0 Å². The molecule has 0 aliphatic heterocycles. The highest BCUT2D eigenvalue weighted by Gasteiger charge is 2.10. The quantitative estimate of drug-likeness (QED) is 0.345.